The van der Waals surface area contributed by atoms with E-state index in [0.29, 0.717) is 0 Å². The molecule has 0 unspecified atom stereocenters. The van der Waals surface area contributed by atoms with Gasteiger partial charge in [-0.1, -0.05) is 185 Å². The molecule has 0 radical (unpaired) electrons. The van der Waals surface area contributed by atoms with Crippen molar-refractivity contribution in [1.82, 2.24) is 0 Å². The van der Waals surface area contributed by atoms with Crippen molar-refractivity contribution in [3.8, 4) is 44.5 Å². The highest BCUT2D eigenvalue weighted by atomic mass is 15.1. The van der Waals surface area contributed by atoms with E-state index in [-0.39, 0.29) is 10.8 Å². The topological polar surface area (TPSA) is 3.24 Å². The molecule has 0 aromatic heterocycles. The summed E-state index contributed by atoms with van der Waals surface area (Å²) < 4.78 is 0. The molecule has 0 amide bonds. The average Bonchev–Trinajstić information content (AvgIpc) is 3.67. The fraction of sp³-hybridized carbons (Fsp3) is 0.100. The molecule has 0 spiro atoms. The number of hydrogen-bond donors (Lipinski definition) is 0. The van der Waals surface area contributed by atoms with Gasteiger partial charge in [0.2, 0.25) is 0 Å². The van der Waals surface area contributed by atoms with Crippen LogP contribution in [0.3, 0.4) is 0 Å². The third-order valence-corrected chi connectivity index (χ3v) is 14.0. The average molecular weight is 780 g/mol. The van der Waals surface area contributed by atoms with Crippen LogP contribution in [0.1, 0.15) is 49.9 Å². The summed E-state index contributed by atoms with van der Waals surface area (Å²) >= 11 is 0. The largest absolute Gasteiger partial charge is 0.310 e. The Bertz CT molecular complexity index is 3320. The van der Waals surface area contributed by atoms with E-state index in [0.717, 1.165) is 17.1 Å². The summed E-state index contributed by atoms with van der Waals surface area (Å²) in [4.78, 5) is 2.54. The molecular formula is C60H45N. The minimum Gasteiger partial charge on any atom is -0.310 e. The second-order valence-electron chi connectivity index (χ2n) is 18.1. The van der Waals surface area contributed by atoms with E-state index < -0.39 is 0 Å². The number of fused-ring (bicyclic) bond motifs is 10. The van der Waals surface area contributed by atoms with Gasteiger partial charge in [0.1, 0.15) is 0 Å². The van der Waals surface area contributed by atoms with Gasteiger partial charge in [-0.15, -0.1) is 0 Å². The Morgan fingerprint density at radius 3 is 1.44 bits per heavy atom. The summed E-state index contributed by atoms with van der Waals surface area (Å²) in [5.41, 5.74) is 18.8. The van der Waals surface area contributed by atoms with Gasteiger partial charge in [0.15, 0.2) is 0 Å². The predicted octanol–water partition coefficient (Wildman–Crippen LogP) is 16.6. The van der Waals surface area contributed by atoms with E-state index >= 15 is 0 Å². The highest BCUT2D eigenvalue weighted by molar-refractivity contribution is 6.14. The van der Waals surface area contributed by atoms with Crippen LogP contribution in [0.5, 0.6) is 0 Å². The van der Waals surface area contributed by atoms with Crippen molar-refractivity contribution in [2.75, 3.05) is 4.90 Å². The Labute approximate surface area is 358 Å². The summed E-state index contributed by atoms with van der Waals surface area (Å²) in [5, 5.41) is 7.53. The number of nitrogens with zero attached hydrogens (tertiary/aromatic N) is 1. The number of rotatable bonds is 5. The van der Waals surface area contributed by atoms with Crippen LogP contribution >= 0.6 is 0 Å². The summed E-state index contributed by atoms with van der Waals surface area (Å²) in [5.74, 6) is 0. The zero-order valence-electron chi connectivity index (χ0n) is 35.0. The van der Waals surface area contributed by atoms with Crippen LogP contribution in [0, 0.1) is 0 Å². The smallest absolute Gasteiger partial charge is 0.0540 e. The van der Waals surface area contributed by atoms with Gasteiger partial charge in [0, 0.05) is 27.8 Å². The van der Waals surface area contributed by atoms with Gasteiger partial charge in [0.05, 0.1) is 5.69 Å². The molecule has 2 aliphatic rings. The molecule has 1 nitrogen and oxygen atoms in total. The maximum Gasteiger partial charge on any atom is 0.0540 e. The van der Waals surface area contributed by atoms with Crippen molar-refractivity contribution in [2.24, 2.45) is 0 Å². The van der Waals surface area contributed by atoms with Gasteiger partial charge in [0.25, 0.3) is 0 Å². The highest BCUT2D eigenvalue weighted by Crippen LogP contribution is 2.54. The zero-order chi connectivity index (χ0) is 41.0. The van der Waals surface area contributed by atoms with Crippen LogP contribution < -0.4 is 4.90 Å². The maximum absolute atomic E-state index is 2.54. The molecule has 0 bridgehead atoms. The van der Waals surface area contributed by atoms with Crippen molar-refractivity contribution in [1.29, 1.82) is 0 Å². The number of anilines is 3. The third kappa shape index (κ3) is 5.26. The van der Waals surface area contributed by atoms with Gasteiger partial charge < -0.3 is 4.90 Å². The number of hydrogen-bond acceptors (Lipinski definition) is 1. The lowest BCUT2D eigenvalue weighted by molar-refractivity contribution is 0.660. The van der Waals surface area contributed by atoms with E-state index in [1.807, 2.05) is 0 Å². The lowest BCUT2D eigenvalue weighted by atomic mass is 9.82. The lowest BCUT2D eigenvalue weighted by Crippen LogP contribution is -2.18. The zero-order valence-corrected chi connectivity index (χ0v) is 35.0. The first-order valence-electron chi connectivity index (χ1n) is 21.6. The molecule has 12 rings (SSSR count). The molecule has 0 saturated carbocycles. The summed E-state index contributed by atoms with van der Waals surface area (Å²) in [6.45, 7) is 9.52. The van der Waals surface area contributed by atoms with E-state index in [1.54, 1.807) is 0 Å². The van der Waals surface area contributed by atoms with Crippen LogP contribution in [0.25, 0.3) is 76.8 Å². The Kier molecular flexibility index (Phi) is 7.69. The summed E-state index contributed by atoms with van der Waals surface area (Å²) in [6, 6.07) is 75.1. The van der Waals surface area contributed by atoms with Gasteiger partial charge in [-0.2, -0.15) is 0 Å². The Hall–Kier alpha value is -7.22. The molecule has 0 N–H and O–H groups in total. The first-order valence-corrected chi connectivity index (χ1v) is 21.6. The lowest BCUT2D eigenvalue weighted by Gasteiger charge is -2.31. The minimum atomic E-state index is -0.144. The standard InChI is InChI=1S/C60H45N/c1-59(2)54-26-13-11-23-48(54)50-31-29-41(36-56(50)59)61(42-30-32-51-49-24-12-14-27-55(49)60(3,4)57(51)37-42)58-33-28-40(35-53(58)46-25-15-18-38-16-5-7-19-43(38)46)52-34-39-17-6-8-20-44(39)45-21-9-10-22-47(45)52/h5-37H,1-4H3. The molecule has 10 aromatic rings. The van der Waals surface area contributed by atoms with Gasteiger partial charge >= 0.3 is 0 Å². The quantitative estimate of drug-likeness (QED) is 0.157. The molecule has 0 aliphatic heterocycles. The van der Waals surface area contributed by atoms with Crippen molar-refractivity contribution in [3.63, 3.8) is 0 Å². The predicted molar refractivity (Wildman–Crippen MR) is 260 cm³/mol. The van der Waals surface area contributed by atoms with Crippen LogP contribution in [-0.2, 0) is 10.8 Å². The van der Waals surface area contributed by atoms with Crippen molar-refractivity contribution in [3.05, 3.63) is 222 Å². The van der Waals surface area contributed by atoms with Gasteiger partial charge in [-0.05, 0) is 136 Å². The molecular weight excluding hydrogens is 735 g/mol. The second-order valence-corrected chi connectivity index (χ2v) is 18.1. The molecule has 0 fully saturated rings. The van der Waals surface area contributed by atoms with Gasteiger partial charge in [-0.3, -0.25) is 0 Å². The highest BCUT2D eigenvalue weighted by Gasteiger charge is 2.38. The monoisotopic (exact) mass is 779 g/mol. The van der Waals surface area contributed by atoms with Crippen molar-refractivity contribution in [2.45, 2.75) is 38.5 Å². The Balaban J connectivity index is 1.15. The van der Waals surface area contributed by atoms with E-state index in [2.05, 4.69) is 233 Å². The molecule has 1 heteroatoms. The van der Waals surface area contributed by atoms with Crippen LogP contribution in [-0.4, -0.2) is 0 Å². The molecule has 0 saturated heterocycles. The molecule has 290 valence electrons. The second kappa shape index (κ2) is 13.1. The molecule has 61 heavy (non-hydrogen) atoms. The number of benzene rings is 10. The molecule has 0 atom stereocenters. The minimum absolute atomic E-state index is 0.144. The van der Waals surface area contributed by atoms with Crippen LogP contribution in [0.2, 0.25) is 0 Å². The van der Waals surface area contributed by atoms with E-state index in [4.69, 9.17) is 0 Å². The molecule has 2 aliphatic carbocycles. The summed E-state index contributed by atoms with van der Waals surface area (Å²) in [6.07, 6.45) is 0. The SMILES string of the molecule is CC1(C)c2ccccc2-c2ccc(N(c3ccc4c(c3)C(C)(C)c3ccccc3-4)c3ccc(-c4cc5ccccc5c5ccccc45)cc3-c3cccc4ccccc34)cc21. The molecule has 10 aromatic carbocycles. The fourth-order valence-corrected chi connectivity index (χ4v) is 11.0. The van der Waals surface area contributed by atoms with E-state index in [1.165, 1.54) is 99.1 Å². The van der Waals surface area contributed by atoms with Crippen molar-refractivity contribution >= 4 is 49.4 Å². The molecule has 0 heterocycles. The Morgan fingerprint density at radius 1 is 0.295 bits per heavy atom. The summed E-state index contributed by atoms with van der Waals surface area (Å²) in [7, 11) is 0. The van der Waals surface area contributed by atoms with Crippen LogP contribution in [0.4, 0.5) is 17.1 Å². The van der Waals surface area contributed by atoms with Crippen molar-refractivity contribution < 1.29 is 0 Å². The van der Waals surface area contributed by atoms with Crippen LogP contribution in [0.15, 0.2) is 200 Å². The van der Waals surface area contributed by atoms with E-state index in [9.17, 15) is 0 Å². The third-order valence-electron chi connectivity index (χ3n) is 14.0. The van der Waals surface area contributed by atoms with Gasteiger partial charge in [-0.25, -0.2) is 0 Å². The first kappa shape index (κ1) is 35.7. The first-order chi connectivity index (χ1) is 29.8. The maximum atomic E-state index is 2.54. The Morgan fingerprint density at radius 2 is 0.787 bits per heavy atom. The fourth-order valence-electron chi connectivity index (χ4n) is 11.0. The normalized spacial score (nSPS) is 14.2.